The predicted octanol–water partition coefficient (Wildman–Crippen LogP) is 1.12. The fourth-order valence-corrected chi connectivity index (χ4v) is 2.74. The number of halogens is 1. The van der Waals surface area contributed by atoms with Gasteiger partial charge in [-0.2, -0.15) is 0 Å². The Balaban J connectivity index is 2.63. The second-order valence-corrected chi connectivity index (χ2v) is 5.06. The number of anilines is 1. The summed E-state index contributed by atoms with van der Waals surface area (Å²) in [7, 11) is -3.29. The third-order valence-corrected chi connectivity index (χ3v) is 3.50. The maximum absolute atomic E-state index is 11.1. The quantitative estimate of drug-likeness (QED) is 0.783. The first-order valence-electron chi connectivity index (χ1n) is 3.10. The molecule has 0 bridgehead atoms. The third kappa shape index (κ3) is 2.96. The summed E-state index contributed by atoms with van der Waals surface area (Å²) < 4.78 is 24.4. The Labute approximate surface area is 79.6 Å². The van der Waals surface area contributed by atoms with E-state index in [1.807, 2.05) is 0 Å². The van der Waals surface area contributed by atoms with Gasteiger partial charge in [0.15, 0.2) is 5.13 Å². The van der Waals surface area contributed by atoms with E-state index in [1.165, 1.54) is 17.5 Å². The van der Waals surface area contributed by atoms with E-state index in [0.29, 0.717) is 5.13 Å². The van der Waals surface area contributed by atoms with Gasteiger partial charge in [-0.3, -0.25) is 4.72 Å². The summed E-state index contributed by atoms with van der Waals surface area (Å²) in [6.45, 7) is 0. The Morgan fingerprint density at radius 3 is 2.92 bits per heavy atom. The molecule has 0 saturated carbocycles. The van der Waals surface area contributed by atoms with Crippen LogP contribution in [0.5, 0.6) is 0 Å². The van der Waals surface area contributed by atoms with Crippen molar-refractivity contribution in [3.63, 3.8) is 0 Å². The molecule has 1 aromatic rings. The average Bonchev–Trinajstić information content (AvgIpc) is 2.38. The maximum atomic E-state index is 11.1. The molecule has 1 N–H and O–H groups in total. The zero-order valence-electron chi connectivity index (χ0n) is 6.03. The van der Waals surface area contributed by atoms with E-state index in [1.54, 1.807) is 5.38 Å². The Morgan fingerprint density at radius 2 is 2.42 bits per heavy atom. The van der Waals surface area contributed by atoms with Gasteiger partial charge in [0, 0.05) is 17.5 Å². The molecule has 12 heavy (non-hydrogen) atoms. The Kier molecular flexibility index (Phi) is 3.30. The lowest BCUT2D eigenvalue weighted by molar-refractivity contribution is 0.602. The van der Waals surface area contributed by atoms with E-state index in [4.69, 9.17) is 11.6 Å². The highest BCUT2D eigenvalue weighted by Crippen LogP contribution is 2.12. The molecule has 1 rings (SSSR count). The normalized spacial score (nSPS) is 11.4. The lowest BCUT2D eigenvalue weighted by atomic mass is 11.0. The lowest BCUT2D eigenvalue weighted by Crippen LogP contribution is -2.17. The summed E-state index contributed by atoms with van der Waals surface area (Å²) in [5.41, 5.74) is 0. The summed E-state index contributed by atoms with van der Waals surface area (Å²) >= 11 is 6.52. The van der Waals surface area contributed by atoms with Crippen molar-refractivity contribution in [2.75, 3.05) is 16.4 Å². The molecule has 0 unspecified atom stereocenters. The Morgan fingerprint density at radius 1 is 1.67 bits per heavy atom. The SMILES string of the molecule is O=S(=O)(CCCl)Nc1nccs1. The largest absolute Gasteiger partial charge is 0.259 e. The second kappa shape index (κ2) is 4.06. The van der Waals surface area contributed by atoms with Crippen molar-refractivity contribution in [2.45, 2.75) is 0 Å². The minimum atomic E-state index is -3.29. The third-order valence-electron chi connectivity index (χ3n) is 1.02. The van der Waals surface area contributed by atoms with Crippen molar-refractivity contribution in [3.05, 3.63) is 11.6 Å². The first-order chi connectivity index (χ1) is 5.64. The number of nitrogens with zero attached hydrogens (tertiary/aromatic N) is 1. The molecule has 68 valence electrons. The second-order valence-electron chi connectivity index (χ2n) is 1.95. The molecular formula is C5H7ClN2O2S2. The summed E-state index contributed by atoms with van der Waals surface area (Å²) in [6, 6.07) is 0. The molecule has 0 fully saturated rings. The van der Waals surface area contributed by atoms with Crippen LogP contribution in [0.15, 0.2) is 11.6 Å². The molecule has 0 aliphatic carbocycles. The summed E-state index contributed by atoms with van der Waals surface area (Å²) in [6.07, 6.45) is 1.53. The Hall–Kier alpha value is -0.330. The number of nitrogens with one attached hydrogen (secondary N) is 1. The molecule has 0 saturated heterocycles. The highest BCUT2D eigenvalue weighted by atomic mass is 35.5. The van der Waals surface area contributed by atoms with Crippen molar-refractivity contribution >= 4 is 38.1 Å². The minimum absolute atomic E-state index is 0.0840. The molecular weight excluding hydrogens is 220 g/mol. The van der Waals surface area contributed by atoms with Crippen LogP contribution in [0.4, 0.5) is 5.13 Å². The van der Waals surface area contributed by atoms with Gasteiger partial charge in [0.1, 0.15) is 0 Å². The van der Waals surface area contributed by atoms with E-state index >= 15 is 0 Å². The average molecular weight is 227 g/mol. The summed E-state index contributed by atoms with van der Waals surface area (Å²) in [5.74, 6) is -0.00511. The smallest absolute Gasteiger partial charge is 0.235 e. The number of rotatable bonds is 4. The van der Waals surface area contributed by atoms with Crippen LogP contribution in [0.2, 0.25) is 0 Å². The highest BCUT2D eigenvalue weighted by molar-refractivity contribution is 7.92. The molecule has 1 aromatic heterocycles. The van der Waals surface area contributed by atoms with E-state index in [-0.39, 0.29) is 11.6 Å². The van der Waals surface area contributed by atoms with Crippen molar-refractivity contribution in [2.24, 2.45) is 0 Å². The van der Waals surface area contributed by atoms with E-state index in [0.717, 1.165) is 0 Å². The van der Waals surface area contributed by atoms with Gasteiger partial charge < -0.3 is 0 Å². The fraction of sp³-hybridized carbons (Fsp3) is 0.400. The van der Waals surface area contributed by atoms with E-state index in [9.17, 15) is 8.42 Å². The molecule has 7 heteroatoms. The molecule has 0 aliphatic rings. The number of alkyl halides is 1. The van der Waals surface area contributed by atoms with E-state index < -0.39 is 10.0 Å². The monoisotopic (exact) mass is 226 g/mol. The lowest BCUT2D eigenvalue weighted by Gasteiger charge is -2.00. The summed E-state index contributed by atoms with van der Waals surface area (Å²) in [4.78, 5) is 3.77. The standard InChI is InChI=1S/C5H7ClN2O2S2/c6-1-4-12(9,10)8-5-7-2-3-11-5/h2-3H,1,4H2,(H,7,8). The number of aromatic nitrogens is 1. The zero-order valence-corrected chi connectivity index (χ0v) is 8.42. The van der Waals surface area contributed by atoms with Gasteiger partial charge in [-0.15, -0.1) is 22.9 Å². The van der Waals surface area contributed by atoms with Gasteiger partial charge in [0.25, 0.3) is 0 Å². The highest BCUT2D eigenvalue weighted by Gasteiger charge is 2.09. The molecule has 0 amide bonds. The fourth-order valence-electron chi connectivity index (χ4n) is 0.559. The first kappa shape index (κ1) is 9.76. The number of thiazole rings is 1. The van der Waals surface area contributed by atoms with Crippen LogP contribution in [-0.2, 0) is 10.0 Å². The van der Waals surface area contributed by atoms with Crippen LogP contribution in [0.25, 0.3) is 0 Å². The topological polar surface area (TPSA) is 59.1 Å². The molecule has 0 aromatic carbocycles. The van der Waals surface area contributed by atoms with Crippen LogP contribution in [0, 0.1) is 0 Å². The van der Waals surface area contributed by atoms with Crippen LogP contribution in [-0.4, -0.2) is 25.0 Å². The zero-order chi connectivity index (χ0) is 9.03. The van der Waals surface area contributed by atoms with Crippen LogP contribution in [0.3, 0.4) is 0 Å². The maximum Gasteiger partial charge on any atom is 0.235 e. The molecule has 0 atom stereocenters. The Bertz CT molecular complexity index is 321. The van der Waals surface area contributed by atoms with Crippen molar-refractivity contribution in [1.29, 1.82) is 0 Å². The molecule has 0 radical (unpaired) electrons. The van der Waals surface area contributed by atoms with E-state index in [2.05, 4.69) is 9.71 Å². The molecule has 0 aliphatic heterocycles. The van der Waals surface area contributed by atoms with Crippen LogP contribution >= 0.6 is 22.9 Å². The van der Waals surface area contributed by atoms with Crippen molar-refractivity contribution in [1.82, 2.24) is 4.98 Å². The van der Waals surface area contributed by atoms with Crippen LogP contribution in [0.1, 0.15) is 0 Å². The van der Waals surface area contributed by atoms with Gasteiger partial charge in [-0.25, -0.2) is 13.4 Å². The van der Waals surface area contributed by atoms with Gasteiger partial charge >= 0.3 is 0 Å². The number of hydrogen-bond donors (Lipinski definition) is 1. The van der Waals surface area contributed by atoms with Gasteiger partial charge in [-0.1, -0.05) is 0 Å². The number of hydrogen-bond acceptors (Lipinski definition) is 4. The van der Waals surface area contributed by atoms with Crippen molar-refractivity contribution < 1.29 is 8.42 Å². The molecule has 0 spiro atoms. The van der Waals surface area contributed by atoms with Gasteiger partial charge in [0.2, 0.25) is 10.0 Å². The molecule has 1 heterocycles. The van der Waals surface area contributed by atoms with Crippen LogP contribution < -0.4 is 4.72 Å². The predicted molar refractivity (Wildman–Crippen MR) is 50.2 cm³/mol. The van der Waals surface area contributed by atoms with Gasteiger partial charge in [0.05, 0.1) is 5.75 Å². The van der Waals surface area contributed by atoms with Gasteiger partial charge in [-0.05, 0) is 0 Å². The van der Waals surface area contributed by atoms with Crippen molar-refractivity contribution in [3.8, 4) is 0 Å². The minimum Gasteiger partial charge on any atom is -0.259 e. The molecule has 4 nitrogen and oxygen atoms in total. The number of sulfonamides is 1. The summed E-state index contributed by atoms with van der Waals surface area (Å²) in [5, 5.41) is 2.07. The first-order valence-corrected chi connectivity index (χ1v) is 6.16.